The van der Waals surface area contributed by atoms with E-state index in [1.54, 1.807) is 37.3 Å². The normalized spacial score (nSPS) is 16.4. The molecule has 1 amide bonds. The van der Waals surface area contributed by atoms with Crippen LogP contribution in [-0.4, -0.2) is 44.7 Å². The quantitative estimate of drug-likeness (QED) is 0.863. The van der Waals surface area contributed by atoms with Crippen LogP contribution in [0.15, 0.2) is 36.4 Å². The van der Waals surface area contributed by atoms with Gasteiger partial charge in [0.25, 0.3) is 5.91 Å². The van der Waals surface area contributed by atoms with E-state index in [0.717, 1.165) is 11.1 Å². The second kappa shape index (κ2) is 9.06. The highest BCUT2D eigenvalue weighted by Crippen LogP contribution is 2.32. The Hall–Kier alpha value is -2.31. The Kier molecular flexibility index (Phi) is 7.05. The molecule has 2 aromatic rings. The van der Waals surface area contributed by atoms with Crippen molar-refractivity contribution in [2.75, 3.05) is 33.9 Å². The van der Waals surface area contributed by atoms with E-state index in [1.165, 1.54) is 12.1 Å². The Morgan fingerprint density at radius 3 is 2.56 bits per heavy atom. The third-order valence-corrected chi connectivity index (χ3v) is 4.70. The smallest absolute Gasteiger partial charge is 0.254 e. The maximum atomic E-state index is 13.7. The van der Waals surface area contributed by atoms with Crippen molar-refractivity contribution in [3.63, 3.8) is 0 Å². The second-order valence-electron chi connectivity index (χ2n) is 6.30. The first-order valence-corrected chi connectivity index (χ1v) is 8.55. The fourth-order valence-corrected chi connectivity index (χ4v) is 3.32. The minimum atomic E-state index is -0.303. The van der Waals surface area contributed by atoms with Crippen molar-refractivity contribution in [2.24, 2.45) is 0 Å². The van der Waals surface area contributed by atoms with E-state index in [9.17, 15) is 9.18 Å². The number of nitrogens with zero attached hydrogens (tertiary/aromatic N) is 1. The number of ether oxygens (including phenoxy) is 2. The van der Waals surface area contributed by atoms with Crippen molar-refractivity contribution in [1.82, 2.24) is 10.2 Å². The summed E-state index contributed by atoms with van der Waals surface area (Å²) in [5, 5.41) is 3.28. The average molecular weight is 395 g/mol. The third kappa shape index (κ3) is 4.34. The Labute approximate surface area is 164 Å². The van der Waals surface area contributed by atoms with E-state index in [2.05, 4.69) is 5.32 Å². The lowest BCUT2D eigenvalue weighted by Gasteiger charge is -2.37. The topological polar surface area (TPSA) is 50.8 Å². The van der Waals surface area contributed by atoms with Crippen LogP contribution in [0.25, 0.3) is 0 Å². The highest BCUT2D eigenvalue weighted by molar-refractivity contribution is 5.96. The molecule has 1 unspecified atom stereocenters. The number of hydrogen-bond donors (Lipinski definition) is 1. The number of nitrogens with one attached hydrogen (secondary N) is 1. The fourth-order valence-electron chi connectivity index (χ4n) is 3.32. The van der Waals surface area contributed by atoms with Gasteiger partial charge in [-0.25, -0.2) is 4.39 Å². The summed E-state index contributed by atoms with van der Waals surface area (Å²) in [7, 11) is 3.11. The van der Waals surface area contributed by atoms with Crippen molar-refractivity contribution in [3.05, 3.63) is 58.9 Å². The number of carbonyl (C=O) groups excluding carboxylic acids is 1. The van der Waals surface area contributed by atoms with Crippen molar-refractivity contribution >= 4 is 18.3 Å². The Balaban J connectivity index is 0.00000261. The van der Waals surface area contributed by atoms with Gasteiger partial charge < -0.3 is 19.7 Å². The molecule has 1 saturated heterocycles. The van der Waals surface area contributed by atoms with Crippen LogP contribution in [0.4, 0.5) is 4.39 Å². The molecule has 1 heterocycles. The number of piperazine rings is 1. The van der Waals surface area contributed by atoms with Gasteiger partial charge in [0.1, 0.15) is 5.82 Å². The van der Waals surface area contributed by atoms with Gasteiger partial charge in [0, 0.05) is 25.2 Å². The van der Waals surface area contributed by atoms with Gasteiger partial charge in [-0.2, -0.15) is 0 Å². The van der Waals surface area contributed by atoms with Gasteiger partial charge in [0.2, 0.25) is 0 Å². The van der Waals surface area contributed by atoms with Gasteiger partial charge in [0.05, 0.1) is 20.3 Å². The summed E-state index contributed by atoms with van der Waals surface area (Å²) in [5.74, 6) is 0.699. The van der Waals surface area contributed by atoms with Crippen molar-refractivity contribution in [1.29, 1.82) is 0 Å². The highest BCUT2D eigenvalue weighted by atomic mass is 35.5. The predicted molar refractivity (Wildman–Crippen MR) is 105 cm³/mol. The molecule has 2 aromatic carbocycles. The van der Waals surface area contributed by atoms with E-state index >= 15 is 0 Å². The summed E-state index contributed by atoms with van der Waals surface area (Å²) in [6, 6.07) is 9.70. The van der Waals surface area contributed by atoms with Crippen LogP contribution < -0.4 is 14.8 Å². The van der Waals surface area contributed by atoms with Gasteiger partial charge in [-0.3, -0.25) is 4.79 Å². The van der Waals surface area contributed by atoms with Gasteiger partial charge >= 0.3 is 0 Å². The minimum absolute atomic E-state index is 0. The lowest BCUT2D eigenvalue weighted by molar-refractivity contribution is 0.0632. The molecule has 146 valence electrons. The summed E-state index contributed by atoms with van der Waals surface area (Å²) >= 11 is 0. The Bertz CT molecular complexity index is 816. The van der Waals surface area contributed by atoms with Gasteiger partial charge in [0.15, 0.2) is 11.5 Å². The minimum Gasteiger partial charge on any atom is -0.493 e. The summed E-state index contributed by atoms with van der Waals surface area (Å²) in [5.41, 5.74) is 2.15. The van der Waals surface area contributed by atoms with E-state index in [-0.39, 0.29) is 30.2 Å². The molecule has 5 nitrogen and oxygen atoms in total. The van der Waals surface area contributed by atoms with E-state index in [4.69, 9.17) is 9.47 Å². The number of hydrogen-bond acceptors (Lipinski definition) is 4. The lowest BCUT2D eigenvalue weighted by Crippen LogP contribution is -2.48. The third-order valence-electron chi connectivity index (χ3n) is 4.70. The largest absolute Gasteiger partial charge is 0.493 e. The summed E-state index contributed by atoms with van der Waals surface area (Å²) in [6.45, 7) is 3.70. The van der Waals surface area contributed by atoms with Crippen LogP contribution >= 0.6 is 12.4 Å². The molecule has 0 spiro atoms. The van der Waals surface area contributed by atoms with Gasteiger partial charge in [-0.15, -0.1) is 12.4 Å². The van der Waals surface area contributed by atoms with E-state index in [0.29, 0.717) is 36.7 Å². The number of benzene rings is 2. The van der Waals surface area contributed by atoms with Crippen molar-refractivity contribution in [3.8, 4) is 11.5 Å². The van der Waals surface area contributed by atoms with Crippen molar-refractivity contribution in [2.45, 2.75) is 13.0 Å². The molecule has 0 aromatic heterocycles. The summed E-state index contributed by atoms with van der Waals surface area (Å²) in [6.07, 6.45) is 0. The average Bonchev–Trinajstić information content (AvgIpc) is 2.67. The van der Waals surface area contributed by atoms with Crippen LogP contribution in [0.3, 0.4) is 0 Å². The van der Waals surface area contributed by atoms with Crippen LogP contribution in [0, 0.1) is 12.7 Å². The molecule has 27 heavy (non-hydrogen) atoms. The molecule has 3 rings (SSSR count). The maximum absolute atomic E-state index is 13.7. The highest BCUT2D eigenvalue weighted by Gasteiger charge is 2.30. The fraction of sp³-hybridized carbons (Fsp3) is 0.350. The monoisotopic (exact) mass is 394 g/mol. The van der Waals surface area contributed by atoms with Crippen molar-refractivity contribution < 1.29 is 18.7 Å². The molecule has 1 aliphatic heterocycles. The first-order chi connectivity index (χ1) is 12.5. The molecule has 1 N–H and O–H groups in total. The van der Waals surface area contributed by atoms with Crippen LogP contribution in [0.5, 0.6) is 11.5 Å². The maximum Gasteiger partial charge on any atom is 0.254 e. The second-order valence-corrected chi connectivity index (χ2v) is 6.30. The number of aryl methyl sites for hydroxylation is 1. The van der Waals surface area contributed by atoms with Crippen LogP contribution in [0.1, 0.15) is 27.5 Å². The summed E-state index contributed by atoms with van der Waals surface area (Å²) < 4.78 is 24.3. The number of amides is 1. The first kappa shape index (κ1) is 21.0. The Morgan fingerprint density at radius 1 is 1.19 bits per heavy atom. The van der Waals surface area contributed by atoms with Gasteiger partial charge in [-0.1, -0.05) is 12.1 Å². The zero-order chi connectivity index (χ0) is 18.7. The van der Waals surface area contributed by atoms with Crippen LogP contribution in [0.2, 0.25) is 0 Å². The molecule has 0 bridgehead atoms. The molecular formula is C20H24ClFN2O3. The van der Waals surface area contributed by atoms with E-state index < -0.39 is 0 Å². The molecule has 1 atom stereocenters. The zero-order valence-electron chi connectivity index (χ0n) is 15.6. The van der Waals surface area contributed by atoms with E-state index in [1.807, 2.05) is 13.0 Å². The van der Waals surface area contributed by atoms with Crippen LogP contribution in [-0.2, 0) is 0 Å². The lowest BCUT2D eigenvalue weighted by atomic mass is 10.00. The Morgan fingerprint density at radius 2 is 1.89 bits per heavy atom. The predicted octanol–water partition coefficient (Wildman–Crippen LogP) is 3.36. The number of rotatable bonds is 4. The molecule has 0 aliphatic carbocycles. The number of halogens is 2. The number of carbonyl (C=O) groups is 1. The molecule has 0 radical (unpaired) electrons. The SMILES string of the molecule is COc1cc(C)c(C(=O)N2CCNCC2c2cccc(F)c2)cc1OC.Cl. The zero-order valence-corrected chi connectivity index (χ0v) is 16.4. The standard InChI is InChI=1S/C20H23FN2O3.ClH/c1-13-9-18(25-2)19(26-3)11-16(13)20(24)23-8-7-22-12-17(23)14-5-4-6-15(21)10-14;/h4-6,9-11,17,22H,7-8,12H2,1-3H3;1H. The molecule has 7 heteroatoms. The molecular weight excluding hydrogens is 371 g/mol. The first-order valence-electron chi connectivity index (χ1n) is 8.55. The summed E-state index contributed by atoms with van der Waals surface area (Å²) in [4.78, 5) is 15.1. The molecule has 1 fully saturated rings. The molecule has 1 aliphatic rings. The number of methoxy groups -OCH3 is 2. The van der Waals surface area contributed by atoms with Gasteiger partial charge in [-0.05, 0) is 42.3 Å². The molecule has 0 saturated carbocycles.